The molecule has 6 aromatic carbocycles. The van der Waals surface area contributed by atoms with Gasteiger partial charge >= 0.3 is 0 Å². The van der Waals surface area contributed by atoms with Crippen molar-refractivity contribution in [3.63, 3.8) is 0 Å². The van der Waals surface area contributed by atoms with Gasteiger partial charge in [-0.25, -0.2) is 0 Å². The van der Waals surface area contributed by atoms with Crippen molar-refractivity contribution < 1.29 is 9.47 Å². The fourth-order valence-corrected chi connectivity index (χ4v) is 7.16. The maximum atomic E-state index is 6.44. The highest BCUT2D eigenvalue weighted by atomic mass is 16.5. The van der Waals surface area contributed by atoms with Crippen molar-refractivity contribution >= 4 is 21.5 Å². The Morgan fingerprint density at radius 3 is 1.07 bits per heavy atom. The summed E-state index contributed by atoms with van der Waals surface area (Å²) in [6.45, 7) is 13.1. The largest absolute Gasteiger partial charge is 0.495 e. The molecule has 2 nitrogen and oxygen atoms in total. The zero-order chi connectivity index (χ0) is 29.7. The molecule has 6 aromatic rings. The third-order valence-electron chi connectivity index (χ3n) is 8.55. The van der Waals surface area contributed by atoms with Crippen molar-refractivity contribution in [2.24, 2.45) is 0 Å². The molecule has 0 saturated heterocycles. The minimum absolute atomic E-state index is 0.863. The molecule has 0 bridgehead atoms. The molecule has 0 saturated carbocycles. The maximum absolute atomic E-state index is 6.44. The zero-order valence-corrected chi connectivity index (χ0v) is 25.9. The number of rotatable bonds is 5. The van der Waals surface area contributed by atoms with Gasteiger partial charge in [-0.15, -0.1) is 0 Å². The summed E-state index contributed by atoms with van der Waals surface area (Å²) in [5.41, 5.74) is 14.2. The lowest BCUT2D eigenvalue weighted by Gasteiger charge is -2.24. The summed E-state index contributed by atoms with van der Waals surface area (Å²) in [7, 11) is 3.59. The highest BCUT2D eigenvalue weighted by molar-refractivity contribution is 6.14. The van der Waals surface area contributed by atoms with Crippen LogP contribution in [0.4, 0.5) is 0 Å². The molecule has 42 heavy (non-hydrogen) atoms. The van der Waals surface area contributed by atoms with E-state index in [1.807, 2.05) is 0 Å². The molecule has 0 aliphatic carbocycles. The second-order valence-corrected chi connectivity index (χ2v) is 11.7. The lowest BCUT2D eigenvalue weighted by atomic mass is 9.83. The smallest absolute Gasteiger partial charge is 0.135 e. The highest BCUT2D eigenvalue weighted by Gasteiger charge is 2.26. The van der Waals surface area contributed by atoms with Gasteiger partial charge in [-0.3, -0.25) is 0 Å². The fraction of sp³-hybridized carbons (Fsp3) is 0.200. The number of methoxy groups -OCH3 is 2. The number of benzene rings is 6. The highest BCUT2D eigenvalue weighted by Crippen LogP contribution is 2.53. The van der Waals surface area contributed by atoms with Gasteiger partial charge in [0, 0.05) is 22.3 Å². The second-order valence-electron chi connectivity index (χ2n) is 11.7. The van der Waals surface area contributed by atoms with Crippen LogP contribution in [0.1, 0.15) is 33.4 Å². The number of fused-ring (bicyclic) bond motifs is 2. The zero-order valence-electron chi connectivity index (χ0n) is 25.9. The van der Waals surface area contributed by atoms with Crippen LogP contribution in [0.15, 0.2) is 84.9 Å². The number of hydrogen-bond donors (Lipinski definition) is 0. The molecule has 0 N–H and O–H groups in total. The number of aryl methyl sites for hydroxylation is 6. The molecule has 0 unspecified atom stereocenters. The van der Waals surface area contributed by atoms with Crippen LogP contribution in [0.2, 0.25) is 0 Å². The lowest BCUT2D eigenvalue weighted by Crippen LogP contribution is -2.01. The molecule has 0 aliphatic heterocycles. The fourth-order valence-electron chi connectivity index (χ4n) is 7.16. The summed E-state index contributed by atoms with van der Waals surface area (Å²) < 4.78 is 12.9. The van der Waals surface area contributed by atoms with Crippen LogP contribution in [0.25, 0.3) is 54.9 Å². The van der Waals surface area contributed by atoms with E-state index >= 15 is 0 Å². The number of ether oxygens (including phenoxy) is 2. The molecule has 0 radical (unpaired) electrons. The van der Waals surface area contributed by atoms with Crippen LogP contribution < -0.4 is 9.47 Å². The van der Waals surface area contributed by atoms with Crippen molar-refractivity contribution in [1.82, 2.24) is 0 Å². The third kappa shape index (κ3) is 4.43. The first-order valence-corrected chi connectivity index (χ1v) is 14.6. The average Bonchev–Trinajstić information content (AvgIpc) is 2.94. The first-order chi connectivity index (χ1) is 20.2. The maximum Gasteiger partial charge on any atom is 0.135 e. The van der Waals surface area contributed by atoms with Gasteiger partial charge in [-0.1, -0.05) is 83.9 Å². The van der Waals surface area contributed by atoms with Gasteiger partial charge < -0.3 is 9.47 Å². The second kappa shape index (κ2) is 10.7. The molecule has 6 rings (SSSR count). The SMILES string of the molecule is COc1c(-c2c(C)cc(C)cc2C)cc2ccccc2c1-c1c(OC)c(-c2c(C)cc(C)cc2C)cc2ccccc12. The van der Waals surface area contributed by atoms with Gasteiger partial charge in [-0.05, 0) is 109 Å². The molecule has 0 spiro atoms. The van der Waals surface area contributed by atoms with Crippen LogP contribution in [0, 0.1) is 41.5 Å². The molecule has 0 amide bonds. The van der Waals surface area contributed by atoms with E-state index in [9.17, 15) is 0 Å². The summed E-state index contributed by atoms with van der Waals surface area (Å²) in [4.78, 5) is 0. The molecule has 0 aromatic heterocycles. The van der Waals surface area contributed by atoms with Crippen LogP contribution in [-0.4, -0.2) is 14.2 Å². The minimum Gasteiger partial charge on any atom is -0.495 e. The van der Waals surface area contributed by atoms with E-state index in [1.165, 1.54) is 55.3 Å². The van der Waals surface area contributed by atoms with Gasteiger partial charge in [0.15, 0.2) is 0 Å². The van der Waals surface area contributed by atoms with Crippen LogP contribution >= 0.6 is 0 Å². The van der Waals surface area contributed by atoms with Crippen LogP contribution in [0.3, 0.4) is 0 Å². The summed E-state index contributed by atoms with van der Waals surface area (Å²) in [5.74, 6) is 1.73. The topological polar surface area (TPSA) is 18.5 Å². The first kappa shape index (κ1) is 27.6. The summed E-state index contributed by atoms with van der Waals surface area (Å²) >= 11 is 0. The predicted octanol–water partition coefficient (Wildman–Crippen LogP) is 10.9. The Kier molecular flexibility index (Phi) is 7.02. The summed E-state index contributed by atoms with van der Waals surface area (Å²) in [6.07, 6.45) is 0. The predicted molar refractivity (Wildman–Crippen MR) is 179 cm³/mol. The Bertz CT molecular complexity index is 1820. The van der Waals surface area contributed by atoms with Crippen molar-refractivity contribution in [1.29, 1.82) is 0 Å². The third-order valence-corrected chi connectivity index (χ3v) is 8.55. The Labute approximate surface area is 249 Å². The van der Waals surface area contributed by atoms with Crippen molar-refractivity contribution in [2.75, 3.05) is 14.2 Å². The molecule has 0 aliphatic rings. The van der Waals surface area contributed by atoms with Crippen LogP contribution in [-0.2, 0) is 0 Å². The monoisotopic (exact) mass is 550 g/mol. The van der Waals surface area contributed by atoms with Crippen LogP contribution in [0.5, 0.6) is 11.5 Å². The number of hydrogen-bond acceptors (Lipinski definition) is 2. The first-order valence-electron chi connectivity index (χ1n) is 14.6. The molecule has 210 valence electrons. The Hall–Kier alpha value is -4.56. The molecular formula is C40H38O2. The van der Waals surface area contributed by atoms with Crippen molar-refractivity contribution in [3.8, 4) is 44.9 Å². The normalized spacial score (nSPS) is 11.3. The minimum atomic E-state index is 0.863. The Morgan fingerprint density at radius 2 is 0.738 bits per heavy atom. The Balaban J connectivity index is 1.84. The molecule has 0 atom stereocenters. The quantitative estimate of drug-likeness (QED) is 0.212. The summed E-state index contributed by atoms with van der Waals surface area (Å²) in [5, 5.41) is 4.61. The molecule has 0 fully saturated rings. The van der Waals surface area contributed by atoms with Gasteiger partial charge in [0.1, 0.15) is 11.5 Å². The van der Waals surface area contributed by atoms with E-state index in [0.717, 1.165) is 44.5 Å². The van der Waals surface area contributed by atoms with E-state index < -0.39 is 0 Å². The van der Waals surface area contributed by atoms with E-state index in [1.54, 1.807) is 14.2 Å². The van der Waals surface area contributed by atoms with Gasteiger partial charge in [0.05, 0.1) is 14.2 Å². The van der Waals surface area contributed by atoms with E-state index in [0.29, 0.717) is 0 Å². The summed E-state index contributed by atoms with van der Waals surface area (Å²) in [6, 6.07) is 30.9. The molecular weight excluding hydrogens is 512 g/mol. The Morgan fingerprint density at radius 1 is 0.405 bits per heavy atom. The molecule has 2 heteroatoms. The van der Waals surface area contributed by atoms with E-state index in [4.69, 9.17) is 9.47 Å². The van der Waals surface area contributed by atoms with Crippen molar-refractivity contribution in [3.05, 3.63) is 118 Å². The van der Waals surface area contributed by atoms with E-state index in [-0.39, 0.29) is 0 Å². The van der Waals surface area contributed by atoms with E-state index in [2.05, 4.69) is 126 Å². The van der Waals surface area contributed by atoms with Crippen molar-refractivity contribution in [2.45, 2.75) is 41.5 Å². The molecule has 0 heterocycles. The van der Waals surface area contributed by atoms with Gasteiger partial charge in [0.2, 0.25) is 0 Å². The van der Waals surface area contributed by atoms with Gasteiger partial charge in [0.25, 0.3) is 0 Å². The lowest BCUT2D eigenvalue weighted by molar-refractivity contribution is 0.413. The average molecular weight is 551 g/mol. The standard InChI is InChI=1S/C40H38O2/c1-23-17-25(3)35(26(4)18-23)33-21-29-13-9-11-15-31(29)37(39(33)41-7)38-32-16-12-10-14-30(32)22-34(40(38)42-8)36-27(5)19-24(2)20-28(36)6/h9-22H,1-8H3. The van der Waals surface area contributed by atoms with Gasteiger partial charge in [-0.2, -0.15) is 0 Å².